The van der Waals surface area contributed by atoms with Gasteiger partial charge in [0.25, 0.3) is 5.56 Å². The number of benzene rings is 1. The number of nitrogens with zero attached hydrogens (tertiary/aromatic N) is 4. The molecule has 0 amide bonds. The quantitative estimate of drug-likeness (QED) is 0.728. The van der Waals surface area contributed by atoms with E-state index in [1.165, 1.54) is 0 Å². The van der Waals surface area contributed by atoms with Crippen molar-refractivity contribution in [2.45, 2.75) is 25.4 Å². The molecule has 2 atom stereocenters. The van der Waals surface area contributed by atoms with E-state index in [2.05, 4.69) is 21.1 Å². The minimum absolute atomic E-state index is 0.120. The Morgan fingerprint density at radius 3 is 2.81 bits per heavy atom. The molecule has 2 aliphatic rings. The third kappa shape index (κ3) is 2.76. The van der Waals surface area contributed by atoms with Gasteiger partial charge in [-0.25, -0.2) is 0 Å². The van der Waals surface area contributed by atoms with Crippen LogP contribution in [0.2, 0.25) is 0 Å². The third-order valence-corrected chi connectivity index (χ3v) is 5.41. The molecule has 0 N–H and O–H groups in total. The Kier molecular flexibility index (Phi) is 3.71. The number of piperidine rings is 1. The number of hydrogen-bond donors (Lipinski definition) is 0. The Morgan fingerprint density at radius 2 is 1.92 bits per heavy atom. The highest BCUT2D eigenvalue weighted by atomic mass is 16.5. The van der Waals surface area contributed by atoms with Crippen LogP contribution in [0, 0.1) is 5.92 Å². The standard InChI is InChI=1S/C20H20N4O2/c25-19-8-4-7-17-16-9-14(11-24(17)19)10-23(12-16)13-18-21-20(22-26-18)15-5-2-1-3-6-15/h1-8,14,16H,9-13H2/t14-,16-/m0/s1. The number of aromatic nitrogens is 3. The van der Waals surface area contributed by atoms with E-state index in [0.29, 0.717) is 30.1 Å². The number of hydrogen-bond acceptors (Lipinski definition) is 5. The van der Waals surface area contributed by atoms with Gasteiger partial charge in [-0.2, -0.15) is 4.98 Å². The van der Waals surface area contributed by atoms with E-state index < -0.39 is 0 Å². The van der Waals surface area contributed by atoms with Crippen LogP contribution in [0.1, 0.15) is 23.9 Å². The zero-order valence-corrected chi connectivity index (χ0v) is 14.4. The number of pyridine rings is 1. The van der Waals surface area contributed by atoms with Crippen LogP contribution in [0.5, 0.6) is 0 Å². The first kappa shape index (κ1) is 15.5. The van der Waals surface area contributed by atoms with E-state index in [1.54, 1.807) is 6.07 Å². The summed E-state index contributed by atoms with van der Waals surface area (Å²) in [5, 5.41) is 4.11. The zero-order chi connectivity index (χ0) is 17.5. The summed E-state index contributed by atoms with van der Waals surface area (Å²) in [6.07, 6.45) is 1.15. The fourth-order valence-corrected chi connectivity index (χ4v) is 4.34. The van der Waals surface area contributed by atoms with Gasteiger partial charge in [-0.15, -0.1) is 0 Å². The van der Waals surface area contributed by atoms with Gasteiger partial charge in [0.2, 0.25) is 11.7 Å². The Morgan fingerprint density at radius 1 is 1.04 bits per heavy atom. The van der Waals surface area contributed by atoms with Gasteiger partial charge in [-0.05, 0) is 18.4 Å². The van der Waals surface area contributed by atoms with Crippen LogP contribution < -0.4 is 5.56 Å². The smallest absolute Gasteiger partial charge is 0.250 e. The SMILES string of the molecule is O=c1cccc2n1C[C@H]1C[C@H]2CN(Cc2nc(-c3ccccc3)no2)C1. The molecular formula is C20H20N4O2. The van der Waals surface area contributed by atoms with Crippen molar-refractivity contribution >= 4 is 0 Å². The summed E-state index contributed by atoms with van der Waals surface area (Å²) in [5.74, 6) is 2.18. The molecule has 4 heterocycles. The van der Waals surface area contributed by atoms with Crippen molar-refractivity contribution in [1.82, 2.24) is 19.6 Å². The second-order valence-corrected chi connectivity index (χ2v) is 7.27. The first-order chi connectivity index (χ1) is 12.8. The third-order valence-electron chi connectivity index (χ3n) is 5.41. The molecule has 132 valence electrons. The average molecular weight is 348 g/mol. The fourth-order valence-electron chi connectivity index (χ4n) is 4.34. The fraction of sp³-hybridized carbons (Fsp3) is 0.350. The molecule has 6 nitrogen and oxygen atoms in total. The molecule has 2 bridgehead atoms. The largest absolute Gasteiger partial charge is 0.338 e. The lowest BCUT2D eigenvalue weighted by Crippen LogP contribution is -2.46. The summed E-state index contributed by atoms with van der Waals surface area (Å²) < 4.78 is 7.43. The minimum atomic E-state index is 0.120. The summed E-state index contributed by atoms with van der Waals surface area (Å²) in [7, 11) is 0. The Hall–Kier alpha value is -2.73. The molecule has 0 saturated carbocycles. The summed E-state index contributed by atoms with van der Waals surface area (Å²) in [6, 6.07) is 15.5. The van der Waals surface area contributed by atoms with Crippen LogP contribution in [0.3, 0.4) is 0 Å². The van der Waals surface area contributed by atoms with Crippen molar-refractivity contribution in [3.8, 4) is 11.4 Å². The molecule has 0 unspecified atom stereocenters. The summed E-state index contributed by atoms with van der Waals surface area (Å²) in [4.78, 5) is 19.1. The maximum atomic E-state index is 12.1. The molecule has 26 heavy (non-hydrogen) atoms. The number of likely N-dealkylation sites (tertiary alicyclic amines) is 1. The van der Waals surface area contributed by atoms with E-state index in [1.807, 2.05) is 41.0 Å². The molecule has 5 rings (SSSR count). The summed E-state index contributed by atoms with van der Waals surface area (Å²) >= 11 is 0. The molecule has 1 fully saturated rings. The van der Waals surface area contributed by atoms with Gasteiger partial charge in [0.05, 0.1) is 6.54 Å². The topological polar surface area (TPSA) is 64.2 Å². The second kappa shape index (κ2) is 6.21. The van der Waals surface area contributed by atoms with Crippen molar-refractivity contribution in [2.75, 3.05) is 13.1 Å². The molecule has 0 aliphatic carbocycles. The lowest BCUT2D eigenvalue weighted by molar-refractivity contribution is 0.104. The molecule has 0 radical (unpaired) electrons. The van der Waals surface area contributed by atoms with E-state index in [-0.39, 0.29) is 5.56 Å². The van der Waals surface area contributed by atoms with Crippen molar-refractivity contribution in [3.63, 3.8) is 0 Å². The Labute approximate surface area is 151 Å². The molecule has 6 heteroatoms. The molecule has 2 aliphatic heterocycles. The van der Waals surface area contributed by atoms with Gasteiger partial charge in [-0.1, -0.05) is 41.6 Å². The lowest BCUT2D eigenvalue weighted by Gasteiger charge is -2.42. The van der Waals surface area contributed by atoms with Gasteiger partial charge in [0.15, 0.2) is 0 Å². The number of rotatable bonds is 3. The first-order valence-corrected chi connectivity index (χ1v) is 9.06. The van der Waals surface area contributed by atoms with Crippen LogP contribution in [0.25, 0.3) is 11.4 Å². The highest BCUT2D eigenvalue weighted by Gasteiger charge is 2.34. The molecule has 0 spiro atoms. The summed E-state index contributed by atoms with van der Waals surface area (Å²) in [6.45, 7) is 3.34. The average Bonchev–Trinajstić information content (AvgIpc) is 3.12. The normalized spacial score (nSPS) is 22.2. The van der Waals surface area contributed by atoms with E-state index >= 15 is 0 Å². The van der Waals surface area contributed by atoms with Crippen LogP contribution in [-0.2, 0) is 13.1 Å². The molecule has 1 aromatic carbocycles. The van der Waals surface area contributed by atoms with Crippen LogP contribution >= 0.6 is 0 Å². The van der Waals surface area contributed by atoms with Gasteiger partial charge >= 0.3 is 0 Å². The van der Waals surface area contributed by atoms with E-state index in [4.69, 9.17) is 4.52 Å². The predicted octanol–water partition coefficient (Wildman–Crippen LogP) is 2.52. The van der Waals surface area contributed by atoms with Crippen molar-refractivity contribution in [2.24, 2.45) is 5.92 Å². The molecule has 1 saturated heterocycles. The zero-order valence-electron chi connectivity index (χ0n) is 14.4. The Balaban J connectivity index is 1.34. The lowest BCUT2D eigenvalue weighted by atomic mass is 9.83. The molecular weight excluding hydrogens is 328 g/mol. The van der Waals surface area contributed by atoms with Crippen LogP contribution in [-0.4, -0.2) is 32.7 Å². The van der Waals surface area contributed by atoms with Gasteiger partial charge in [0.1, 0.15) is 0 Å². The summed E-state index contributed by atoms with van der Waals surface area (Å²) in [5.41, 5.74) is 2.25. The maximum Gasteiger partial charge on any atom is 0.250 e. The van der Waals surface area contributed by atoms with Crippen molar-refractivity contribution in [1.29, 1.82) is 0 Å². The first-order valence-electron chi connectivity index (χ1n) is 9.06. The van der Waals surface area contributed by atoms with Crippen molar-refractivity contribution in [3.05, 3.63) is 70.5 Å². The second-order valence-electron chi connectivity index (χ2n) is 7.27. The monoisotopic (exact) mass is 348 g/mol. The minimum Gasteiger partial charge on any atom is -0.338 e. The van der Waals surface area contributed by atoms with Gasteiger partial charge in [-0.3, -0.25) is 9.69 Å². The van der Waals surface area contributed by atoms with Crippen LogP contribution in [0.15, 0.2) is 57.8 Å². The van der Waals surface area contributed by atoms with E-state index in [0.717, 1.165) is 37.3 Å². The van der Waals surface area contributed by atoms with Crippen LogP contribution in [0.4, 0.5) is 0 Å². The van der Waals surface area contributed by atoms with Gasteiger partial charge < -0.3 is 9.09 Å². The highest BCUT2D eigenvalue weighted by Crippen LogP contribution is 2.35. The highest BCUT2D eigenvalue weighted by molar-refractivity contribution is 5.53. The predicted molar refractivity (Wildman–Crippen MR) is 96.6 cm³/mol. The van der Waals surface area contributed by atoms with Crippen molar-refractivity contribution < 1.29 is 4.52 Å². The Bertz CT molecular complexity index is 979. The number of fused-ring (bicyclic) bond motifs is 4. The molecule has 3 aromatic rings. The van der Waals surface area contributed by atoms with E-state index in [9.17, 15) is 4.79 Å². The maximum absolute atomic E-state index is 12.1. The molecule has 2 aromatic heterocycles. The van der Waals surface area contributed by atoms with Gasteiger partial charge in [0, 0.05) is 42.9 Å².